The summed E-state index contributed by atoms with van der Waals surface area (Å²) in [5.41, 5.74) is 0.649. The third kappa shape index (κ3) is 18.7. The number of hydrogen-bond acceptors (Lipinski definition) is 9. The molecule has 5 N–H and O–H groups in total. The molecule has 4 aromatic carbocycles. The van der Waals surface area contributed by atoms with Crippen molar-refractivity contribution in [1.82, 2.24) is 10.6 Å². The Morgan fingerprint density at radius 1 is 0.578 bits per heavy atom. The molecule has 0 heterocycles. The minimum atomic E-state index is -1.44. The number of esters is 1. The van der Waals surface area contributed by atoms with Crippen molar-refractivity contribution in [1.29, 1.82) is 0 Å². The number of anilines is 2. The lowest BCUT2D eigenvalue weighted by Gasteiger charge is -2.32. The lowest BCUT2D eigenvalue weighted by atomic mass is 9.83. The van der Waals surface area contributed by atoms with E-state index in [0.29, 0.717) is 28.9 Å². The summed E-state index contributed by atoms with van der Waals surface area (Å²) in [6.45, 7) is 18.6. The predicted molar refractivity (Wildman–Crippen MR) is 247 cm³/mol. The SMILES string of the molecule is CC(C)C[C@@](Cc1ccccc1)(NC(=O)c1ccc(NC(=O)OC(C)(C)C)cc1)C(=O)O.CC(C)C[C@H](NC(=O)c1ccc(NC(=O)OC(C)(C)C)cc1)C(=O)OCc1ccccc1. The van der Waals surface area contributed by atoms with Crippen molar-refractivity contribution in [2.75, 3.05) is 10.6 Å². The molecule has 0 aliphatic rings. The normalized spacial score (nSPS) is 12.6. The summed E-state index contributed by atoms with van der Waals surface area (Å²) in [4.78, 5) is 74.4. The van der Waals surface area contributed by atoms with Gasteiger partial charge in [-0.3, -0.25) is 20.2 Å². The van der Waals surface area contributed by atoms with Gasteiger partial charge >= 0.3 is 24.1 Å². The highest BCUT2D eigenvalue weighted by atomic mass is 16.6. The van der Waals surface area contributed by atoms with Gasteiger partial charge in [-0.1, -0.05) is 88.4 Å². The molecule has 14 nitrogen and oxygen atoms in total. The summed E-state index contributed by atoms with van der Waals surface area (Å²) in [6, 6.07) is 30.4. The van der Waals surface area contributed by atoms with Gasteiger partial charge in [0.2, 0.25) is 0 Å². The Bertz CT molecular complexity index is 2140. The second-order valence-corrected chi connectivity index (χ2v) is 18.3. The number of benzene rings is 4. The van der Waals surface area contributed by atoms with E-state index in [0.717, 1.165) is 11.1 Å². The predicted octanol–water partition coefficient (Wildman–Crippen LogP) is 9.80. The van der Waals surface area contributed by atoms with Crippen molar-refractivity contribution < 1.29 is 48.1 Å². The van der Waals surface area contributed by atoms with E-state index in [1.54, 1.807) is 77.9 Å². The second-order valence-electron chi connectivity index (χ2n) is 18.3. The maximum Gasteiger partial charge on any atom is 0.412 e. The maximum absolute atomic E-state index is 13.0. The van der Waals surface area contributed by atoms with Gasteiger partial charge < -0.3 is 30.0 Å². The standard InChI is InChI=1S/2C25H32N2O5/c1-17(2)15-25(22(29)30,16-18-9-7-6-8-10-18)27-21(28)19-11-13-20(14-12-19)26-23(31)32-24(3,4)5;1-17(2)15-21(23(29)31-16-18-9-7-6-8-10-18)27-22(28)19-11-13-20(14-12-19)26-24(30)32-25(3,4)5/h6-14,17H,15-16H2,1-5H3,(H,26,31)(H,27,28)(H,29,30);6-14,17,21H,15-16H2,1-5H3,(H,26,30)(H,27,28)/t25-;21-/m00/s1. The number of amides is 4. The smallest absolute Gasteiger partial charge is 0.412 e. The van der Waals surface area contributed by atoms with Gasteiger partial charge in [0.25, 0.3) is 11.8 Å². The van der Waals surface area contributed by atoms with Crippen molar-refractivity contribution in [3.63, 3.8) is 0 Å². The minimum Gasteiger partial charge on any atom is -0.479 e. The van der Waals surface area contributed by atoms with E-state index in [9.17, 15) is 33.9 Å². The molecule has 64 heavy (non-hydrogen) atoms. The van der Waals surface area contributed by atoms with Gasteiger partial charge in [0, 0.05) is 28.9 Å². The molecule has 4 rings (SSSR count). The van der Waals surface area contributed by atoms with Crippen LogP contribution in [0.3, 0.4) is 0 Å². The number of nitrogens with one attached hydrogen (secondary N) is 4. The topological polar surface area (TPSA) is 198 Å². The van der Waals surface area contributed by atoms with Gasteiger partial charge in [-0.15, -0.1) is 0 Å². The summed E-state index contributed by atoms with van der Waals surface area (Å²) in [5.74, 6) is -2.20. The number of carbonyl (C=O) groups excluding carboxylic acids is 5. The van der Waals surface area contributed by atoms with Crippen molar-refractivity contribution in [3.05, 3.63) is 131 Å². The van der Waals surface area contributed by atoms with Crippen LogP contribution in [0, 0.1) is 11.8 Å². The Morgan fingerprint density at radius 2 is 1.02 bits per heavy atom. The van der Waals surface area contributed by atoms with Gasteiger partial charge in [0.1, 0.15) is 29.4 Å². The van der Waals surface area contributed by atoms with Crippen LogP contribution < -0.4 is 21.3 Å². The summed E-state index contributed by atoms with van der Waals surface area (Å²) in [6.07, 6.45) is -0.267. The first-order chi connectivity index (χ1) is 29.9. The first kappa shape index (κ1) is 51.6. The molecule has 2 atom stereocenters. The van der Waals surface area contributed by atoms with Crippen molar-refractivity contribution >= 4 is 47.3 Å². The molecule has 0 fully saturated rings. The molecule has 0 saturated heterocycles. The van der Waals surface area contributed by atoms with E-state index < -0.39 is 58.7 Å². The first-order valence-electron chi connectivity index (χ1n) is 21.2. The lowest BCUT2D eigenvalue weighted by Crippen LogP contribution is -2.57. The number of aliphatic carboxylic acids is 1. The number of carbonyl (C=O) groups is 6. The molecule has 0 radical (unpaired) electrons. The summed E-state index contributed by atoms with van der Waals surface area (Å²) in [5, 5.41) is 20.8. The van der Waals surface area contributed by atoms with E-state index in [1.165, 1.54) is 12.1 Å². The number of ether oxygens (including phenoxy) is 3. The minimum absolute atomic E-state index is 0.0514. The Kier molecular flexibility index (Phi) is 19.1. The molecule has 0 saturated carbocycles. The largest absolute Gasteiger partial charge is 0.479 e. The number of carboxylic acid groups (broad SMARTS) is 1. The number of rotatable bonds is 16. The van der Waals surface area contributed by atoms with Crippen LogP contribution in [0.25, 0.3) is 0 Å². The molecule has 0 spiro atoms. The molecule has 0 unspecified atom stereocenters. The Hall–Kier alpha value is -6.70. The maximum atomic E-state index is 13.0. The van der Waals surface area contributed by atoms with Crippen LogP contribution >= 0.6 is 0 Å². The molecule has 0 aliphatic heterocycles. The van der Waals surface area contributed by atoms with E-state index >= 15 is 0 Å². The molecule has 0 bridgehead atoms. The first-order valence-corrected chi connectivity index (χ1v) is 21.2. The zero-order valence-electron chi connectivity index (χ0n) is 38.6. The molecular formula is C50H64N4O10. The molecule has 4 aromatic rings. The van der Waals surface area contributed by atoms with Crippen LogP contribution in [-0.4, -0.2) is 63.8 Å². The fourth-order valence-electron chi connectivity index (χ4n) is 6.32. The molecule has 0 aliphatic carbocycles. The fourth-order valence-corrected chi connectivity index (χ4v) is 6.32. The van der Waals surface area contributed by atoms with Gasteiger partial charge in [-0.25, -0.2) is 19.2 Å². The van der Waals surface area contributed by atoms with E-state index in [4.69, 9.17) is 14.2 Å². The fraction of sp³-hybridized carbons (Fsp3) is 0.400. The zero-order chi connectivity index (χ0) is 47.7. The van der Waals surface area contributed by atoms with E-state index in [2.05, 4.69) is 21.3 Å². The lowest BCUT2D eigenvalue weighted by molar-refractivity contribution is -0.148. The highest BCUT2D eigenvalue weighted by molar-refractivity contribution is 5.99. The number of carboxylic acids is 1. The highest BCUT2D eigenvalue weighted by Gasteiger charge is 2.41. The monoisotopic (exact) mass is 880 g/mol. The van der Waals surface area contributed by atoms with Crippen molar-refractivity contribution in [3.8, 4) is 0 Å². The van der Waals surface area contributed by atoms with E-state index in [-0.39, 0.29) is 31.3 Å². The molecular weight excluding hydrogens is 817 g/mol. The molecule has 344 valence electrons. The Balaban J connectivity index is 0.000000340. The zero-order valence-corrected chi connectivity index (χ0v) is 38.6. The third-order valence-corrected chi connectivity index (χ3v) is 8.97. The van der Waals surface area contributed by atoms with Gasteiger partial charge in [-0.2, -0.15) is 0 Å². The van der Waals surface area contributed by atoms with Crippen molar-refractivity contribution in [2.45, 2.75) is 118 Å². The van der Waals surface area contributed by atoms with Crippen molar-refractivity contribution in [2.24, 2.45) is 11.8 Å². The molecule has 14 heteroatoms. The van der Waals surface area contributed by atoms with Crippen LogP contribution in [0.4, 0.5) is 21.0 Å². The van der Waals surface area contributed by atoms with Gasteiger partial charge in [0.15, 0.2) is 0 Å². The van der Waals surface area contributed by atoms with Gasteiger partial charge in [-0.05, 0) is 126 Å². The molecule has 4 amide bonds. The Labute approximate surface area is 376 Å². The summed E-state index contributed by atoms with van der Waals surface area (Å²) >= 11 is 0. The van der Waals surface area contributed by atoms with Crippen LogP contribution in [0.1, 0.15) is 114 Å². The third-order valence-electron chi connectivity index (χ3n) is 8.97. The number of hydrogen-bond donors (Lipinski definition) is 5. The quantitative estimate of drug-likeness (QED) is 0.0533. The van der Waals surface area contributed by atoms with E-state index in [1.807, 2.05) is 88.4 Å². The van der Waals surface area contributed by atoms with Gasteiger partial charge in [0.05, 0.1) is 0 Å². The van der Waals surface area contributed by atoms with Crippen LogP contribution in [-0.2, 0) is 36.8 Å². The second kappa shape index (κ2) is 23.7. The average Bonchev–Trinajstić information content (AvgIpc) is 3.19. The van der Waals surface area contributed by atoms with Crippen LogP contribution in [0.15, 0.2) is 109 Å². The summed E-state index contributed by atoms with van der Waals surface area (Å²) in [7, 11) is 0. The Morgan fingerprint density at radius 3 is 1.42 bits per heavy atom. The van der Waals surface area contributed by atoms with Crippen LogP contribution in [0.5, 0.6) is 0 Å². The molecule has 0 aromatic heterocycles. The summed E-state index contributed by atoms with van der Waals surface area (Å²) < 4.78 is 15.8. The highest BCUT2D eigenvalue weighted by Crippen LogP contribution is 2.25. The average molecular weight is 881 g/mol. The van der Waals surface area contributed by atoms with Crippen LogP contribution in [0.2, 0.25) is 0 Å².